The van der Waals surface area contributed by atoms with Crippen LogP contribution in [-0.4, -0.2) is 136 Å². The molecular formula is C24H50INO8. The van der Waals surface area contributed by atoms with E-state index in [9.17, 15) is 0 Å². The van der Waals surface area contributed by atoms with Crippen LogP contribution < -0.4 is 0 Å². The van der Waals surface area contributed by atoms with E-state index in [1.807, 2.05) is 14.1 Å². The molecule has 0 atom stereocenters. The monoisotopic (exact) mass is 607 g/mol. The molecule has 0 aliphatic rings. The lowest BCUT2D eigenvalue weighted by molar-refractivity contribution is -0.0233. The smallest absolute Gasteiger partial charge is 0.0701 e. The van der Waals surface area contributed by atoms with Gasteiger partial charge in [-0.05, 0) is 31.4 Å². The van der Waals surface area contributed by atoms with Crippen LogP contribution in [0.5, 0.6) is 0 Å². The summed E-state index contributed by atoms with van der Waals surface area (Å²) >= 11 is 2.42. The zero-order valence-electron chi connectivity index (χ0n) is 21.6. The Morgan fingerprint density at radius 2 is 0.676 bits per heavy atom. The molecule has 34 heavy (non-hydrogen) atoms. The summed E-state index contributed by atoms with van der Waals surface area (Å²) in [5.74, 6) is 0. The quantitative estimate of drug-likeness (QED) is 0.0696. The summed E-state index contributed by atoms with van der Waals surface area (Å²) in [7, 11) is 4.05. The number of alkyl halides is 1. The molecule has 0 saturated carbocycles. The summed E-state index contributed by atoms with van der Waals surface area (Å²) in [4.78, 5) is 2.09. The van der Waals surface area contributed by atoms with Gasteiger partial charge in [0.25, 0.3) is 0 Å². The van der Waals surface area contributed by atoms with Gasteiger partial charge in [0, 0.05) is 13.2 Å². The molecule has 0 aromatic rings. The van der Waals surface area contributed by atoms with E-state index < -0.39 is 0 Å². The predicted molar refractivity (Wildman–Crippen MR) is 142 cm³/mol. The molecule has 0 N–H and O–H groups in total. The third-order valence-corrected chi connectivity index (χ3v) is 5.22. The molecule has 0 bridgehead atoms. The lowest BCUT2D eigenvalue weighted by atomic mass is 10.2. The van der Waals surface area contributed by atoms with Gasteiger partial charge in [-0.1, -0.05) is 35.4 Å². The fourth-order valence-electron chi connectivity index (χ4n) is 2.54. The Balaban J connectivity index is 3.00. The van der Waals surface area contributed by atoms with Crippen molar-refractivity contribution in [2.24, 2.45) is 0 Å². The highest BCUT2D eigenvalue weighted by atomic mass is 127. The summed E-state index contributed by atoms with van der Waals surface area (Å²) in [6.07, 6.45) is 5.01. The lowest BCUT2D eigenvalue weighted by Crippen LogP contribution is -2.19. The molecule has 0 rings (SSSR count). The van der Waals surface area contributed by atoms with Crippen molar-refractivity contribution in [1.82, 2.24) is 4.90 Å². The molecular weight excluding hydrogens is 557 g/mol. The van der Waals surface area contributed by atoms with E-state index in [2.05, 4.69) is 27.5 Å². The molecule has 0 aliphatic carbocycles. The van der Waals surface area contributed by atoms with Gasteiger partial charge >= 0.3 is 0 Å². The lowest BCUT2D eigenvalue weighted by Gasteiger charge is -2.10. The van der Waals surface area contributed by atoms with Crippen LogP contribution in [0.1, 0.15) is 25.7 Å². The largest absolute Gasteiger partial charge is 0.379 e. The first kappa shape index (κ1) is 34.4. The molecule has 0 fully saturated rings. The maximum absolute atomic E-state index is 5.55. The van der Waals surface area contributed by atoms with E-state index in [0.29, 0.717) is 92.5 Å². The molecule has 0 amide bonds. The maximum atomic E-state index is 5.55. The normalized spacial score (nSPS) is 11.6. The number of rotatable bonds is 30. The van der Waals surface area contributed by atoms with Crippen molar-refractivity contribution in [2.45, 2.75) is 25.7 Å². The number of likely N-dealkylation sites (N-methyl/N-ethyl adjacent to an activating group) is 1. The minimum absolute atomic E-state index is 0.547. The zero-order chi connectivity index (χ0) is 24.8. The molecule has 10 heteroatoms. The standard InChI is InChI=1S/C24H50INO8/c1-26(2)8-10-28-12-14-30-16-18-32-20-22-34-24-23-33-21-19-31-17-15-29-13-11-27-9-6-4-3-5-7-25/h3-24H2,1-2H3. The molecule has 0 unspecified atom stereocenters. The maximum Gasteiger partial charge on any atom is 0.0701 e. The highest BCUT2D eigenvalue weighted by Gasteiger charge is 1.96. The van der Waals surface area contributed by atoms with Crippen molar-refractivity contribution >= 4 is 22.6 Å². The fraction of sp³-hybridized carbons (Fsp3) is 1.00. The molecule has 0 saturated heterocycles. The van der Waals surface area contributed by atoms with Crippen LogP contribution in [0.25, 0.3) is 0 Å². The first-order valence-corrected chi connectivity index (χ1v) is 14.1. The van der Waals surface area contributed by atoms with Crippen LogP contribution in [0.2, 0.25) is 0 Å². The van der Waals surface area contributed by atoms with Crippen LogP contribution >= 0.6 is 22.6 Å². The average Bonchev–Trinajstić information content (AvgIpc) is 2.83. The molecule has 0 aliphatic heterocycles. The predicted octanol–water partition coefficient (Wildman–Crippen LogP) is 2.68. The van der Waals surface area contributed by atoms with Gasteiger partial charge in [0.1, 0.15) is 0 Å². The third kappa shape index (κ3) is 32.4. The van der Waals surface area contributed by atoms with Crippen LogP contribution in [0.4, 0.5) is 0 Å². The van der Waals surface area contributed by atoms with E-state index in [1.54, 1.807) is 0 Å². The van der Waals surface area contributed by atoms with Gasteiger partial charge in [-0.25, -0.2) is 0 Å². The Kier molecular flexibility index (Phi) is 31.7. The van der Waals surface area contributed by atoms with Gasteiger partial charge in [0.2, 0.25) is 0 Å². The fourth-order valence-corrected chi connectivity index (χ4v) is 3.08. The van der Waals surface area contributed by atoms with Crippen molar-refractivity contribution in [2.75, 3.05) is 131 Å². The Labute approximate surface area is 221 Å². The van der Waals surface area contributed by atoms with Gasteiger partial charge in [0.15, 0.2) is 0 Å². The van der Waals surface area contributed by atoms with Crippen LogP contribution in [-0.2, 0) is 37.9 Å². The third-order valence-electron chi connectivity index (χ3n) is 4.46. The molecule has 206 valence electrons. The Hall–Kier alpha value is 0.370. The number of unbranched alkanes of at least 4 members (excludes halogenated alkanes) is 3. The summed E-state index contributed by atoms with van der Waals surface area (Å²) < 4.78 is 45.0. The van der Waals surface area contributed by atoms with Gasteiger partial charge in [-0.15, -0.1) is 0 Å². The van der Waals surface area contributed by atoms with E-state index in [0.717, 1.165) is 26.2 Å². The second-order valence-electron chi connectivity index (χ2n) is 7.81. The summed E-state index contributed by atoms with van der Waals surface area (Å²) in [5, 5.41) is 0. The van der Waals surface area contributed by atoms with Crippen LogP contribution in [0.3, 0.4) is 0 Å². The van der Waals surface area contributed by atoms with E-state index >= 15 is 0 Å². The van der Waals surface area contributed by atoms with Crippen molar-refractivity contribution in [3.63, 3.8) is 0 Å². The van der Waals surface area contributed by atoms with Gasteiger partial charge in [-0.2, -0.15) is 0 Å². The second kappa shape index (κ2) is 31.4. The molecule has 0 aromatic heterocycles. The van der Waals surface area contributed by atoms with Crippen molar-refractivity contribution < 1.29 is 37.9 Å². The Morgan fingerprint density at radius 3 is 1.00 bits per heavy atom. The van der Waals surface area contributed by atoms with E-state index in [4.69, 9.17) is 37.9 Å². The van der Waals surface area contributed by atoms with Crippen molar-refractivity contribution in [1.29, 1.82) is 0 Å². The number of halogens is 1. The number of hydrogen-bond donors (Lipinski definition) is 0. The molecule has 9 nitrogen and oxygen atoms in total. The SMILES string of the molecule is CN(C)CCOCCOCCOCCOCCOCCOCCOCCOCCCCCCI. The molecule has 0 aromatic carbocycles. The second-order valence-corrected chi connectivity index (χ2v) is 8.88. The van der Waals surface area contributed by atoms with Crippen LogP contribution in [0.15, 0.2) is 0 Å². The van der Waals surface area contributed by atoms with Crippen molar-refractivity contribution in [3.8, 4) is 0 Å². The first-order chi connectivity index (χ1) is 16.8. The summed E-state index contributed by atoms with van der Waals surface area (Å²) in [6.45, 7) is 10.5. The van der Waals surface area contributed by atoms with Gasteiger partial charge in [0.05, 0.1) is 99.1 Å². The van der Waals surface area contributed by atoms with Gasteiger partial charge < -0.3 is 42.8 Å². The number of hydrogen-bond acceptors (Lipinski definition) is 9. The van der Waals surface area contributed by atoms with E-state index in [-0.39, 0.29) is 0 Å². The highest BCUT2D eigenvalue weighted by Crippen LogP contribution is 2.02. The molecule has 0 spiro atoms. The minimum Gasteiger partial charge on any atom is -0.379 e. The Bertz CT molecular complexity index is 370. The molecule has 0 radical (unpaired) electrons. The average molecular weight is 608 g/mol. The molecule has 0 heterocycles. The van der Waals surface area contributed by atoms with Crippen LogP contribution in [0, 0.1) is 0 Å². The number of ether oxygens (including phenoxy) is 8. The van der Waals surface area contributed by atoms with E-state index in [1.165, 1.54) is 23.7 Å². The van der Waals surface area contributed by atoms with Crippen molar-refractivity contribution in [3.05, 3.63) is 0 Å². The highest BCUT2D eigenvalue weighted by molar-refractivity contribution is 14.1. The summed E-state index contributed by atoms with van der Waals surface area (Å²) in [5.41, 5.74) is 0. The van der Waals surface area contributed by atoms with Gasteiger partial charge in [-0.3, -0.25) is 0 Å². The minimum atomic E-state index is 0.547. The first-order valence-electron chi connectivity index (χ1n) is 12.6. The topological polar surface area (TPSA) is 77.1 Å². The zero-order valence-corrected chi connectivity index (χ0v) is 23.8. The summed E-state index contributed by atoms with van der Waals surface area (Å²) in [6, 6.07) is 0. The Morgan fingerprint density at radius 1 is 0.382 bits per heavy atom. The number of nitrogens with zero attached hydrogens (tertiary/aromatic N) is 1.